The molecule has 0 unspecified atom stereocenters. The van der Waals surface area contributed by atoms with Gasteiger partial charge in [0.1, 0.15) is 23.4 Å². The number of hydrogen-bond acceptors (Lipinski definition) is 5. The van der Waals surface area contributed by atoms with Crippen LogP contribution in [-0.2, 0) is 0 Å². The third-order valence-corrected chi connectivity index (χ3v) is 5.59. The van der Waals surface area contributed by atoms with Crippen molar-refractivity contribution in [2.45, 2.75) is 13.0 Å². The van der Waals surface area contributed by atoms with Crippen LogP contribution in [0.3, 0.4) is 0 Å². The Balaban J connectivity index is 1.39. The smallest absolute Gasteiger partial charge is 0.345 e. The van der Waals surface area contributed by atoms with E-state index in [1.807, 2.05) is 37.3 Å². The molecule has 2 heterocycles. The van der Waals surface area contributed by atoms with Gasteiger partial charge in [-0.1, -0.05) is 41.9 Å². The molecule has 32 heavy (non-hydrogen) atoms. The molecule has 1 atom stereocenters. The van der Waals surface area contributed by atoms with Gasteiger partial charge in [-0.15, -0.1) is 0 Å². The fraction of sp³-hybridized carbons (Fsp3) is 0.0769. The Labute approximate surface area is 189 Å². The summed E-state index contributed by atoms with van der Waals surface area (Å²) in [6.45, 7) is 1.91. The summed E-state index contributed by atoms with van der Waals surface area (Å²) in [5.41, 5.74) is 2.42. The molecule has 3 aromatic carbocycles. The Hall–Kier alpha value is -3.83. The van der Waals surface area contributed by atoms with Crippen molar-refractivity contribution in [3.05, 3.63) is 106 Å². The third kappa shape index (κ3) is 3.67. The maximum absolute atomic E-state index is 12.8. The Morgan fingerprint density at radius 1 is 1.03 bits per heavy atom. The van der Waals surface area contributed by atoms with Gasteiger partial charge in [0, 0.05) is 11.6 Å². The van der Waals surface area contributed by atoms with Crippen LogP contribution in [0.2, 0.25) is 5.02 Å². The summed E-state index contributed by atoms with van der Waals surface area (Å²) in [5.74, 6) is 0.745. The van der Waals surface area contributed by atoms with Gasteiger partial charge in [-0.2, -0.15) is 0 Å². The zero-order valence-corrected chi connectivity index (χ0v) is 17.8. The number of fused-ring (bicyclic) bond motifs is 2. The fourth-order valence-electron chi connectivity index (χ4n) is 3.59. The van der Waals surface area contributed by atoms with Crippen LogP contribution in [0.1, 0.15) is 33.2 Å². The average molecular weight is 445 g/mol. The summed E-state index contributed by atoms with van der Waals surface area (Å²) in [5, 5.41) is 0.300. The number of allylic oxidation sites excluding steroid dienone is 1. The second-order valence-corrected chi connectivity index (χ2v) is 7.82. The molecule has 5 rings (SSSR count). The minimum Gasteiger partial charge on any atom is -0.485 e. The Morgan fingerprint density at radius 2 is 1.81 bits per heavy atom. The number of Topliss-reactive ketones (excluding diaryl/α,β-unsaturated/α-hetero) is 1. The summed E-state index contributed by atoms with van der Waals surface area (Å²) >= 11 is 6.06. The van der Waals surface area contributed by atoms with Crippen molar-refractivity contribution >= 4 is 29.4 Å². The summed E-state index contributed by atoms with van der Waals surface area (Å²) in [7, 11) is 0. The lowest BCUT2D eigenvalue weighted by Gasteiger charge is -2.22. The molecule has 0 radical (unpaired) electrons. The first-order valence-corrected chi connectivity index (χ1v) is 10.4. The summed E-state index contributed by atoms with van der Waals surface area (Å²) in [4.78, 5) is 25.3. The van der Waals surface area contributed by atoms with Crippen molar-refractivity contribution < 1.29 is 23.8 Å². The number of ether oxygens (including phenoxy) is 3. The van der Waals surface area contributed by atoms with Crippen molar-refractivity contribution in [2.75, 3.05) is 0 Å². The van der Waals surface area contributed by atoms with Crippen molar-refractivity contribution in [2.24, 2.45) is 0 Å². The lowest BCUT2D eigenvalue weighted by atomic mass is 10.0. The molecule has 0 saturated heterocycles. The van der Waals surface area contributed by atoms with E-state index in [9.17, 15) is 9.59 Å². The van der Waals surface area contributed by atoms with Gasteiger partial charge in [0.05, 0.1) is 16.1 Å². The van der Waals surface area contributed by atoms with E-state index in [2.05, 4.69) is 0 Å². The molecule has 2 aliphatic heterocycles. The first kappa shape index (κ1) is 20.1. The predicted octanol–water partition coefficient (Wildman–Crippen LogP) is 5.88. The normalized spacial score (nSPS) is 17.7. The SMILES string of the molecule is C[C@H]1Oc2ccccc2C=C1C=C1Oc2cc(OC(=O)c3ccccc3Cl)ccc2C1=O. The van der Waals surface area contributed by atoms with Crippen molar-refractivity contribution in [1.29, 1.82) is 0 Å². The number of ketones is 1. The molecular weight excluding hydrogens is 428 g/mol. The molecule has 0 fully saturated rings. The number of carbonyl (C=O) groups is 2. The van der Waals surface area contributed by atoms with Crippen LogP contribution in [0.4, 0.5) is 0 Å². The second-order valence-electron chi connectivity index (χ2n) is 7.41. The van der Waals surface area contributed by atoms with Crippen LogP contribution < -0.4 is 14.2 Å². The van der Waals surface area contributed by atoms with Gasteiger partial charge in [-0.05, 0) is 55.0 Å². The Kier molecular flexibility index (Phi) is 5.04. The van der Waals surface area contributed by atoms with Crippen molar-refractivity contribution in [1.82, 2.24) is 0 Å². The summed E-state index contributed by atoms with van der Waals surface area (Å²) in [6.07, 6.45) is 3.44. The summed E-state index contributed by atoms with van der Waals surface area (Å²) < 4.78 is 17.2. The highest BCUT2D eigenvalue weighted by Gasteiger charge is 2.29. The minimum absolute atomic E-state index is 0.190. The van der Waals surface area contributed by atoms with Crippen LogP contribution in [0.25, 0.3) is 6.08 Å². The van der Waals surface area contributed by atoms with Gasteiger partial charge < -0.3 is 14.2 Å². The van der Waals surface area contributed by atoms with Crippen LogP contribution in [0.15, 0.2) is 84.1 Å². The lowest BCUT2D eigenvalue weighted by molar-refractivity contribution is 0.0734. The van der Waals surface area contributed by atoms with Crippen LogP contribution in [0, 0.1) is 0 Å². The molecule has 0 aliphatic carbocycles. The van der Waals surface area contributed by atoms with Gasteiger partial charge in [0.2, 0.25) is 5.78 Å². The zero-order valence-electron chi connectivity index (χ0n) is 17.0. The number of carbonyl (C=O) groups excluding carboxylic acids is 2. The second kappa shape index (κ2) is 8.02. The molecular formula is C26H17ClO5. The first-order valence-electron chi connectivity index (χ1n) is 10.0. The molecule has 5 nitrogen and oxygen atoms in total. The van der Waals surface area contributed by atoms with Crippen LogP contribution >= 0.6 is 11.6 Å². The van der Waals surface area contributed by atoms with Crippen LogP contribution in [0.5, 0.6) is 17.2 Å². The first-order chi connectivity index (χ1) is 15.5. The van der Waals surface area contributed by atoms with Crippen molar-refractivity contribution in [3.8, 4) is 17.2 Å². The quantitative estimate of drug-likeness (QED) is 0.286. The highest BCUT2D eigenvalue weighted by atomic mass is 35.5. The molecule has 3 aromatic rings. The molecule has 2 aliphatic rings. The molecule has 0 aromatic heterocycles. The number of hydrogen-bond donors (Lipinski definition) is 0. The molecule has 0 amide bonds. The molecule has 0 N–H and O–H groups in total. The van der Waals surface area contributed by atoms with Gasteiger partial charge in [0.25, 0.3) is 0 Å². The van der Waals surface area contributed by atoms with E-state index in [1.165, 1.54) is 6.07 Å². The Bertz CT molecular complexity index is 1320. The number of para-hydroxylation sites is 1. The predicted molar refractivity (Wildman–Crippen MR) is 120 cm³/mol. The summed E-state index contributed by atoms with van der Waals surface area (Å²) in [6, 6.07) is 19.0. The molecule has 0 bridgehead atoms. The fourth-order valence-corrected chi connectivity index (χ4v) is 3.81. The monoisotopic (exact) mass is 444 g/mol. The molecule has 6 heteroatoms. The lowest BCUT2D eigenvalue weighted by Crippen LogP contribution is -2.18. The maximum Gasteiger partial charge on any atom is 0.345 e. The number of esters is 1. The molecule has 0 spiro atoms. The van der Waals surface area contributed by atoms with Crippen molar-refractivity contribution in [3.63, 3.8) is 0 Å². The van der Waals surface area contributed by atoms with Gasteiger partial charge in [-0.3, -0.25) is 4.79 Å². The van der Waals surface area contributed by atoms with Gasteiger partial charge >= 0.3 is 5.97 Å². The van der Waals surface area contributed by atoms with Gasteiger partial charge in [0.15, 0.2) is 5.76 Å². The number of benzene rings is 3. The highest BCUT2D eigenvalue weighted by Crippen LogP contribution is 2.36. The van der Waals surface area contributed by atoms with E-state index in [-0.39, 0.29) is 29.0 Å². The van der Waals surface area contributed by atoms with E-state index >= 15 is 0 Å². The Morgan fingerprint density at radius 3 is 2.66 bits per heavy atom. The number of rotatable bonds is 3. The highest BCUT2D eigenvalue weighted by molar-refractivity contribution is 6.33. The van der Waals surface area contributed by atoms with E-state index in [0.29, 0.717) is 16.3 Å². The number of halogens is 1. The zero-order chi connectivity index (χ0) is 22.2. The van der Waals surface area contributed by atoms with E-state index in [4.69, 9.17) is 25.8 Å². The largest absolute Gasteiger partial charge is 0.485 e. The van der Waals surface area contributed by atoms with E-state index in [0.717, 1.165) is 16.9 Å². The maximum atomic E-state index is 12.8. The minimum atomic E-state index is -0.590. The topological polar surface area (TPSA) is 61.8 Å². The van der Waals surface area contributed by atoms with Crippen LogP contribution in [-0.4, -0.2) is 17.9 Å². The van der Waals surface area contributed by atoms with Gasteiger partial charge in [-0.25, -0.2) is 4.79 Å². The molecule has 158 valence electrons. The molecule has 0 saturated carbocycles. The third-order valence-electron chi connectivity index (χ3n) is 5.26. The standard InChI is InChI=1S/C26H17ClO5/c1-15-17(12-16-6-2-5-9-22(16)30-15)13-24-25(28)20-11-10-18(14-23(20)32-24)31-26(29)19-7-3-4-8-21(19)27/h2-15H,1H3/t15-/m1/s1. The van der Waals surface area contributed by atoms with E-state index in [1.54, 1.807) is 42.5 Å². The van der Waals surface area contributed by atoms with E-state index < -0.39 is 5.97 Å². The average Bonchev–Trinajstić information content (AvgIpc) is 3.09.